The van der Waals surface area contributed by atoms with Crippen LogP contribution in [-0.4, -0.2) is 28.6 Å². The Labute approximate surface area is 127 Å². The largest absolute Gasteiger partial charge is 0.478 e. The van der Waals surface area contributed by atoms with Gasteiger partial charge in [-0.3, -0.25) is 10.1 Å². The molecule has 114 valence electrons. The Bertz CT molecular complexity index is 585. The number of carbonyl (C=O) groups is 1. The molecule has 0 aliphatic heterocycles. The first-order valence-corrected chi connectivity index (χ1v) is 7.17. The minimum absolute atomic E-state index is 0.109. The molecule has 0 heterocycles. The second-order valence-electron chi connectivity index (χ2n) is 5.66. The molecule has 0 aromatic heterocycles. The molecule has 0 amide bonds. The topological polar surface area (TPSA) is 83.7 Å². The zero-order chi connectivity index (χ0) is 15.7. The Morgan fingerprint density at radius 2 is 2.14 bits per heavy atom. The molecule has 21 heavy (non-hydrogen) atoms. The summed E-state index contributed by atoms with van der Waals surface area (Å²) >= 11 is 6.16. The summed E-state index contributed by atoms with van der Waals surface area (Å²) in [5, 5.41) is 20.4. The van der Waals surface area contributed by atoms with Crippen molar-refractivity contribution >= 4 is 28.9 Å². The number of nitro benzene ring substituents is 1. The van der Waals surface area contributed by atoms with Crippen molar-refractivity contribution in [3.63, 3.8) is 0 Å². The van der Waals surface area contributed by atoms with Crippen LogP contribution in [0, 0.1) is 16.0 Å². The van der Waals surface area contributed by atoms with Gasteiger partial charge in [-0.2, -0.15) is 0 Å². The Balaban J connectivity index is 2.54. The van der Waals surface area contributed by atoms with E-state index in [9.17, 15) is 20.0 Å². The molecule has 1 aliphatic carbocycles. The number of nitro groups is 1. The van der Waals surface area contributed by atoms with E-state index >= 15 is 0 Å². The molecule has 1 fully saturated rings. The van der Waals surface area contributed by atoms with Crippen LogP contribution in [-0.2, 0) is 0 Å². The first-order chi connectivity index (χ1) is 9.81. The van der Waals surface area contributed by atoms with Gasteiger partial charge in [0.1, 0.15) is 0 Å². The lowest BCUT2D eigenvalue weighted by molar-refractivity contribution is -0.384. The number of halogens is 1. The van der Waals surface area contributed by atoms with E-state index in [1.54, 1.807) is 0 Å². The molecule has 0 spiro atoms. The maximum atomic E-state index is 11.5. The quantitative estimate of drug-likeness (QED) is 0.641. The van der Waals surface area contributed by atoms with Gasteiger partial charge in [0.15, 0.2) is 0 Å². The fourth-order valence-electron chi connectivity index (χ4n) is 2.35. The number of non-ortho nitro benzene ring substituents is 1. The summed E-state index contributed by atoms with van der Waals surface area (Å²) < 4.78 is 0. The molecule has 0 radical (unpaired) electrons. The van der Waals surface area contributed by atoms with Crippen molar-refractivity contribution < 1.29 is 14.8 Å². The average Bonchev–Trinajstić information content (AvgIpc) is 3.19. The standard InChI is InChI=1S/C14H17ClN2O4/c1-8(2)7-16(9-3-4-9)13-11(14(18)19)5-10(17(20)21)6-12(13)15/h5-6,8-9H,3-4,7H2,1-2H3,(H,18,19). The van der Waals surface area contributed by atoms with Crippen LogP contribution in [0.1, 0.15) is 37.0 Å². The highest BCUT2D eigenvalue weighted by atomic mass is 35.5. The fourth-order valence-corrected chi connectivity index (χ4v) is 2.67. The number of benzene rings is 1. The third-order valence-electron chi connectivity index (χ3n) is 3.33. The molecule has 7 heteroatoms. The summed E-state index contributed by atoms with van der Waals surface area (Å²) in [6.45, 7) is 4.74. The zero-order valence-corrected chi connectivity index (χ0v) is 12.6. The van der Waals surface area contributed by atoms with E-state index in [1.165, 1.54) is 6.07 Å². The van der Waals surface area contributed by atoms with E-state index in [4.69, 9.17) is 11.6 Å². The summed E-state index contributed by atoms with van der Waals surface area (Å²) in [6.07, 6.45) is 1.97. The van der Waals surface area contributed by atoms with Gasteiger partial charge in [-0.25, -0.2) is 4.79 Å². The summed E-state index contributed by atoms with van der Waals surface area (Å²) in [4.78, 5) is 23.7. The highest BCUT2D eigenvalue weighted by molar-refractivity contribution is 6.34. The Hall–Kier alpha value is -1.82. The minimum atomic E-state index is -1.20. The van der Waals surface area contributed by atoms with Crippen molar-refractivity contribution in [3.8, 4) is 0 Å². The molecular weight excluding hydrogens is 296 g/mol. The molecule has 1 aliphatic rings. The van der Waals surface area contributed by atoms with Gasteiger partial charge in [-0.05, 0) is 18.8 Å². The molecule has 1 aromatic carbocycles. The van der Waals surface area contributed by atoms with Gasteiger partial charge >= 0.3 is 5.97 Å². The first kappa shape index (κ1) is 15.6. The number of carboxylic acids is 1. The van der Waals surface area contributed by atoms with E-state index < -0.39 is 10.9 Å². The molecule has 1 saturated carbocycles. The maximum absolute atomic E-state index is 11.5. The van der Waals surface area contributed by atoms with Crippen LogP contribution in [0.3, 0.4) is 0 Å². The zero-order valence-electron chi connectivity index (χ0n) is 11.9. The number of carboxylic acid groups (broad SMARTS) is 1. The third kappa shape index (κ3) is 3.44. The number of anilines is 1. The molecule has 0 atom stereocenters. The molecule has 0 saturated heterocycles. The molecule has 2 rings (SSSR count). The van der Waals surface area contributed by atoms with Crippen LogP contribution in [0.2, 0.25) is 5.02 Å². The van der Waals surface area contributed by atoms with E-state index in [0.717, 1.165) is 18.9 Å². The molecular formula is C14H17ClN2O4. The molecule has 0 bridgehead atoms. The highest BCUT2D eigenvalue weighted by Crippen LogP contribution is 2.40. The van der Waals surface area contributed by atoms with Crippen molar-refractivity contribution in [2.45, 2.75) is 32.7 Å². The van der Waals surface area contributed by atoms with Crippen molar-refractivity contribution in [2.24, 2.45) is 5.92 Å². The van der Waals surface area contributed by atoms with Gasteiger partial charge in [-0.1, -0.05) is 25.4 Å². The van der Waals surface area contributed by atoms with Crippen LogP contribution in [0.4, 0.5) is 11.4 Å². The van der Waals surface area contributed by atoms with Crippen LogP contribution >= 0.6 is 11.6 Å². The molecule has 6 nitrogen and oxygen atoms in total. The van der Waals surface area contributed by atoms with Crippen molar-refractivity contribution in [2.75, 3.05) is 11.4 Å². The van der Waals surface area contributed by atoms with Crippen molar-refractivity contribution in [3.05, 3.63) is 32.8 Å². The SMILES string of the molecule is CC(C)CN(c1c(Cl)cc([N+](=O)[O-])cc1C(=O)O)C1CC1. The van der Waals surface area contributed by atoms with Crippen LogP contribution in [0.15, 0.2) is 12.1 Å². The molecule has 0 unspecified atom stereocenters. The van der Waals surface area contributed by atoms with Gasteiger partial charge < -0.3 is 10.0 Å². The minimum Gasteiger partial charge on any atom is -0.478 e. The predicted molar refractivity (Wildman–Crippen MR) is 80.3 cm³/mol. The monoisotopic (exact) mass is 312 g/mol. The number of hydrogen-bond donors (Lipinski definition) is 1. The second kappa shape index (κ2) is 5.89. The predicted octanol–water partition coefficient (Wildman–Crippen LogP) is 3.57. The van der Waals surface area contributed by atoms with Gasteiger partial charge in [0, 0.05) is 24.7 Å². The lowest BCUT2D eigenvalue weighted by atomic mass is 10.1. The normalized spacial score (nSPS) is 14.3. The summed E-state index contributed by atoms with van der Waals surface area (Å²) in [6, 6.07) is 2.57. The maximum Gasteiger partial charge on any atom is 0.338 e. The molecule has 1 aromatic rings. The van der Waals surface area contributed by atoms with E-state index in [1.807, 2.05) is 18.7 Å². The number of hydrogen-bond acceptors (Lipinski definition) is 4. The Kier molecular flexibility index (Phi) is 4.37. The first-order valence-electron chi connectivity index (χ1n) is 6.79. The van der Waals surface area contributed by atoms with Gasteiger partial charge in [0.05, 0.1) is 21.2 Å². The smallest absolute Gasteiger partial charge is 0.338 e. The Morgan fingerprint density at radius 3 is 2.57 bits per heavy atom. The lowest BCUT2D eigenvalue weighted by Gasteiger charge is -2.28. The van der Waals surface area contributed by atoms with Crippen molar-refractivity contribution in [1.82, 2.24) is 0 Å². The van der Waals surface area contributed by atoms with Crippen LogP contribution in [0.25, 0.3) is 0 Å². The van der Waals surface area contributed by atoms with E-state index in [0.29, 0.717) is 18.2 Å². The van der Waals surface area contributed by atoms with Crippen molar-refractivity contribution in [1.29, 1.82) is 0 Å². The Morgan fingerprint density at radius 1 is 1.52 bits per heavy atom. The average molecular weight is 313 g/mol. The third-order valence-corrected chi connectivity index (χ3v) is 3.61. The van der Waals surface area contributed by atoms with E-state index in [-0.39, 0.29) is 22.3 Å². The lowest BCUT2D eigenvalue weighted by Crippen LogP contribution is -2.31. The van der Waals surface area contributed by atoms with E-state index in [2.05, 4.69) is 0 Å². The van der Waals surface area contributed by atoms with Crippen LogP contribution in [0.5, 0.6) is 0 Å². The number of rotatable bonds is 6. The van der Waals surface area contributed by atoms with Crippen LogP contribution < -0.4 is 4.90 Å². The summed E-state index contributed by atoms with van der Waals surface area (Å²) in [5.41, 5.74) is -0.0193. The number of nitrogens with zero attached hydrogens (tertiary/aromatic N) is 2. The highest BCUT2D eigenvalue weighted by Gasteiger charge is 2.34. The summed E-state index contributed by atoms with van der Waals surface area (Å²) in [7, 11) is 0. The van der Waals surface area contributed by atoms with Gasteiger partial charge in [0.25, 0.3) is 5.69 Å². The second-order valence-corrected chi connectivity index (χ2v) is 6.07. The number of aromatic carboxylic acids is 1. The fraction of sp³-hybridized carbons (Fsp3) is 0.500. The van der Waals surface area contributed by atoms with Gasteiger partial charge in [0.2, 0.25) is 0 Å². The van der Waals surface area contributed by atoms with Gasteiger partial charge in [-0.15, -0.1) is 0 Å². The summed E-state index contributed by atoms with van der Waals surface area (Å²) in [5.74, 6) is -0.872. The molecule has 1 N–H and O–H groups in total.